The molecule has 2 spiro atoms. The van der Waals surface area contributed by atoms with E-state index in [0.29, 0.717) is 0 Å². The van der Waals surface area contributed by atoms with Crippen LogP contribution in [0.2, 0.25) is 0 Å². The second-order valence-electron chi connectivity index (χ2n) is 19.6. The van der Waals surface area contributed by atoms with E-state index in [-0.39, 0.29) is 36.9 Å². The number of alkyl carbamates (subject to hydrolysis) is 1. The molecule has 1 aromatic carbocycles. The highest BCUT2D eigenvalue weighted by molar-refractivity contribution is 6.37. The molecule has 2 aliphatic carbocycles. The molecule has 15 nitrogen and oxygen atoms in total. The summed E-state index contributed by atoms with van der Waals surface area (Å²) in [6.07, 6.45) is -1.99. The smallest absolute Gasteiger partial charge is 0.408 e. The number of benzene rings is 1. The van der Waals surface area contributed by atoms with Crippen molar-refractivity contribution in [2.75, 3.05) is 13.1 Å². The van der Waals surface area contributed by atoms with Crippen LogP contribution in [0, 0.1) is 27.1 Å². The molecule has 0 bridgehead atoms. The molecule has 1 aromatic rings. The highest BCUT2D eigenvalue weighted by atomic mass is 19.3. The van der Waals surface area contributed by atoms with E-state index in [1.54, 1.807) is 32.9 Å². The first-order chi connectivity index (χ1) is 27.1. The summed E-state index contributed by atoms with van der Waals surface area (Å²) in [6.45, 7) is 18.1. The number of Topliss-reactive ketones (excluding diaryl/α,β-unsaturated/α-hetero) is 1. The van der Waals surface area contributed by atoms with Gasteiger partial charge in [0.2, 0.25) is 29.9 Å². The maximum atomic E-state index is 14.8. The number of alkyl halides is 2. The van der Waals surface area contributed by atoms with Gasteiger partial charge in [0.25, 0.3) is 5.91 Å². The Labute approximate surface area is 345 Å². The Morgan fingerprint density at radius 3 is 1.98 bits per heavy atom. The molecule has 5 atom stereocenters. The molecule has 0 aromatic heterocycles. The van der Waals surface area contributed by atoms with Crippen LogP contribution in [-0.2, 0) is 35.3 Å². The van der Waals surface area contributed by atoms with Crippen molar-refractivity contribution in [3.63, 3.8) is 0 Å². The minimum absolute atomic E-state index is 0.0125. The normalized spacial score (nSPS) is 22.1. The van der Waals surface area contributed by atoms with Gasteiger partial charge in [-0.15, -0.1) is 0 Å². The Morgan fingerprint density at radius 1 is 0.881 bits per heavy atom. The van der Waals surface area contributed by atoms with Crippen molar-refractivity contribution in [3.05, 3.63) is 35.9 Å². The van der Waals surface area contributed by atoms with Crippen LogP contribution in [0.4, 0.5) is 18.4 Å². The van der Waals surface area contributed by atoms with Crippen molar-refractivity contribution >= 4 is 41.5 Å². The highest BCUT2D eigenvalue weighted by Gasteiger charge is 2.85. The van der Waals surface area contributed by atoms with E-state index >= 15 is 0 Å². The van der Waals surface area contributed by atoms with Crippen LogP contribution in [0.5, 0.6) is 0 Å². The van der Waals surface area contributed by atoms with E-state index in [1.165, 1.54) is 18.7 Å². The molecule has 3 fully saturated rings. The number of ketones is 1. The third-order valence-corrected chi connectivity index (χ3v) is 13.1. The quantitative estimate of drug-likeness (QED) is 0.142. The average molecular weight is 832 g/mol. The Balaban J connectivity index is 1.50. The summed E-state index contributed by atoms with van der Waals surface area (Å²) < 4.78 is 32.3. The number of rotatable bonds is 15. The Hall–Kier alpha value is -4.83. The summed E-state index contributed by atoms with van der Waals surface area (Å²) in [5.74, 6) is -4.83. The van der Waals surface area contributed by atoms with Crippen LogP contribution in [0.3, 0.4) is 0 Å². The number of fused-ring (bicyclic) bond motifs is 1. The minimum Gasteiger partial charge on any atom is -0.445 e. The molecule has 3 aliphatic rings. The third-order valence-electron chi connectivity index (χ3n) is 13.1. The van der Waals surface area contributed by atoms with Gasteiger partial charge in [-0.1, -0.05) is 92.1 Å². The van der Waals surface area contributed by atoms with Gasteiger partial charge in [0, 0.05) is 24.9 Å². The van der Waals surface area contributed by atoms with Crippen molar-refractivity contribution in [2.45, 2.75) is 144 Å². The van der Waals surface area contributed by atoms with Crippen LogP contribution in [0.1, 0.15) is 107 Å². The van der Waals surface area contributed by atoms with Crippen LogP contribution >= 0.6 is 0 Å². The van der Waals surface area contributed by atoms with Crippen molar-refractivity contribution in [1.82, 2.24) is 31.5 Å². The zero-order chi connectivity index (χ0) is 44.5. The molecule has 328 valence electrons. The highest BCUT2D eigenvalue weighted by Crippen LogP contribution is 2.88. The molecule has 4 rings (SSSR count). The first-order valence-corrected chi connectivity index (χ1v) is 20.2. The number of likely N-dealkylation sites (tertiary alicyclic amines) is 1. The largest absolute Gasteiger partial charge is 0.445 e. The van der Waals surface area contributed by atoms with E-state index in [0.717, 1.165) is 24.8 Å². The number of primary amides is 1. The maximum absolute atomic E-state index is 14.8. The van der Waals surface area contributed by atoms with Gasteiger partial charge in [-0.05, 0) is 60.3 Å². The van der Waals surface area contributed by atoms with Crippen molar-refractivity contribution < 1.29 is 47.1 Å². The van der Waals surface area contributed by atoms with E-state index in [4.69, 9.17) is 10.5 Å². The zero-order valence-electron chi connectivity index (χ0n) is 36.0. The second kappa shape index (κ2) is 17.0. The van der Waals surface area contributed by atoms with Gasteiger partial charge >= 0.3 is 12.1 Å². The fraction of sp³-hybridized carbons (Fsp3) is 0.690. The number of amides is 7. The molecule has 1 aliphatic heterocycles. The van der Waals surface area contributed by atoms with Gasteiger partial charge in [0.15, 0.2) is 0 Å². The molecule has 1 unspecified atom stereocenters. The van der Waals surface area contributed by atoms with Gasteiger partial charge in [0.1, 0.15) is 30.3 Å². The summed E-state index contributed by atoms with van der Waals surface area (Å²) in [5, 5.41) is 13.4. The zero-order valence-corrected chi connectivity index (χ0v) is 36.0. The predicted octanol–water partition coefficient (Wildman–Crippen LogP) is 3.93. The van der Waals surface area contributed by atoms with Crippen LogP contribution in [-0.4, -0.2) is 95.7 Å². The van der Waals surface area contributed by atoms with E-state index < -0.39 is 100 Å². The van der Waals surface area contributed by atoms with E-state index in [1.807, 2.05) is 39.0 Å². The second-order valence-corrected chi connectivity index (χ2v) is 19.6. The summed E-state index contributed by atoms with van der Waals surface area (Å²) in [5.41, 5.74) is 2.09. The molecule has 7 amide bonds. The van der Waals surface area contributed by atoms with E-state index in [2.05, 4.69) is 40.4 Å². The topological polar surface area (TPSA) is 218 Å². The average Bonchev–Trinajstić information content (AvgIpc) is 3.31. The first-order valence-electron chi connectivity index (χ1n) is 20.2. The number of nitrogens with zero attached hydrogens (tertiary/aromatic N) is 1. The van der Waals surface area contributed by atoms with Gasteiger partial charge in [0.05, 0.1) is 6.04 Å². The fourth-order valence-electron chi connectivity index (χ4n) is 9.12. The number of hydrogen-bond acceptors (Lipinski definition) is 8. The molecule has 0 radical (unpaired) electrons. The summed E-state index contributed by atoms with van der Waals surface area (Å²) in [4.78, 5) is 94.1. The maximum Gasteiger partial charge on any atom is 0.408 e. The Kier molecular flexibility index (Phi) is 13.5. The van der Waals surface area contributed by atoms with Crippen molar-refractivity contribution in [3.8, 4) is 0 Å². The van der Waals surface area contributed by atoms with Gasteiger partial charge in [-0.2, -0.15) is 0 Å². The van der Waals surface area contributed by atoms with Gasteiger partial charge in [-0.25, -0.2) is 18.4 Å². The molecule has 1 heterocycles. The van der Waals surface area contributed by atoms with Crippen LogP contribution < -0.4 is 32.3 Å². The fourth-order valence-corrected chi connectivity index (χ4v) is 9.12. The monoisotopic (exact) mass is 831 g/mol. The molecule has 1 saturated heterocycles. The lowest BCUT2D eigenvalue weighted by Crippen LogP contribution is -2.62. The Bertz CT molecular complexity index is 1790. The third kappa shape index (κ3) is 9.80. The predicted molar refractivity (Wildman–Crippen MR) is 214 cm³/mol. The molecular formula is C42H63F2N7O8. The number of nitrogens with one attached hydrogen (secondary N) is 5. The lowest BCUT2D eigenvalue weighted by molar-refractivity contribution is -0.143. The lowest BCUT2D eigenvalue weighted by atomic mass is 9.73. The van der Waals surface area contributed by atoms with Crippen molar-refractivity contribution in [2.24, 2.45) is 32.8 Å². The SMILES string of the molecule is CC(C)(NC(=O)OCc1ccccc1)C(=O)NC[C@@H](NC(=O)N[C@H](C(=O)N1C[C@]2(C[C@H]1C(=O)NC(CC(F)F)C(=O)C(N)=O)C(C)(C)C21CCC1)C(C)(C)C)C(C)(C)C. The molecule has 7 N–H and O–H groups in total. The lowest BCUT2D eigenvalue weighted by Gasteiger charge is -2.37. The standard InChI is InChI=1S/C42H63F2N7O8/c1-37(2,3)27(21-46-34(56)39(7,8)50-36(58)59-22-24-15-12-11-13-16-24)48-35(57)49-30(38(4,5)6)33(55)51-23-42(40(9,10)41(42)17-14-18-41)20-26(51)32(54)47-25(19-28(43)44)29(52)31(45)53/h11-13,15-16,25-28,30H,14,17-23H2,1-10H3,(H2,45,53)(H,46,56)(H,47,54)(H,50,58)(H2,48,49,57)/t25?,26-,27+,30+,42+/m0/s1. The summed E-state index contributed by atoms with van der Waals surface area (Å²) in [7, 11) is 0. The minimum atomic E-state index is -3.03. The Morgan fingerprint density at radius 2 is 1.49 bits per heavy atom. The number of hydrogen-bond donors (Lipinski definition) is 6. The number of halogens is 2. The van der Waals surface area contributed by atoms with Crippen molar-refractivity contribution in [1.29, 1.82) is 0 Å². The molecule has 2 saturated carbocycles. The molecule has 59 heavy (non-hydrogen) atoms. The summed E-state index contributed by atoms with van der Waals surface area (Å²) in [6, 6.07) is 3.37. The molecule has 17 heteroatoms. The van der Waals surface area contributed by atoms with Crippen LogP contribution in [0.25, 0.3) is 0 Å². The number of urea groups is 1. The molecular weight excluding hydrogens is 768 g/mol. The van der Waals surface area contributed by atoms with Gasteiger partial charge < -0.3 is 42.0 Å². The summed E-state index contributed by atoms with van der Waals surface area (Å²) >= 11 is 0. The number of nitrogens with two attached hydrogens (primary N) is 1. The van der Waals surface area contributed by atoms with Gasteiger partial charge in [-0.3, -0.25) is 24.0 Å². The number of carbonyl (C=O) groups excluding carboxylic acids is 7. The number of carbonyl (C=O) groups is 7. The number of ether oxygens (including phenoxy) is 1. The first kappa shape index (κ1) is 46.9. The van der Waals surface area contributed by atoms with Crippen LogP contribution in [0.15, 0.2) is 30.3 Å². The van der Waals surface area contributed by atoms with E-state index in [9.17, 15) is 42.3 Å².